The molecule has 29 heavy (non-hydrogen) atoms. The van der Waals surface area contributed by atoms with Crippen LogP contribution < -0.4 is 10.1 Å². The van der Waals surface area contributed by atoms with Crippen molar-refractivity contribution >= 4 is 5.91 Å². The van der Waals surface area contributed by atoms with Crippen LogP contribution in [0.25, 0.3) is 0 Å². The molecule has 2 aromatic rings. The Labute approximate surface area is 166 Å². The number of hydrogen-bond donors (Lipinski definition) is 1. The Balaban J connectivity index is 1.52. The molecule has 1 aromatic carbocycles. The number of nitrogens with zero attached hydrogens (tertiary/aromatic N) is 2. The highest BCUT2D eigenvalue weighted by Gasteiger charge is 2.30. The number of pyridine rings is 1. The third-order valence-electron chi connectivity index (χ3n) is 4.35. The monoisotopic (exact) mass is 409 g/mol. The smallest absolute Gasteiger partial charge is 0.422 e. The summed E-state index contributed by atoms with van der Waals surface area (Å²) in [5.74, 6) is -0.906. The maximum absolute atomic E-state index is 12.4. The summed E-state index contributed by atoms with van der Waals surface area (Å²) >= 11 is 0. The number of benzene rings is 1. The van der Waals surface area contributed by atoms with Crippen LogP contribution in [0.1, 0.15) is 15.9 Å². The number of aromatic nitrogens is 1. The molecule has 1 aliphatic rings. The number of amides is 1. The Bertz CT molecular complexity index is 802. The van der Waals surface area contributed by atoms with Gasteiger partial charge in [-0.3, -0.25) is 9.69 Å². The van der Waals surface area contributed by atoms with Crippen molar-refractivity contribution in [1.82, 2.24) is 15.2 Å². The summed E-state index contributed by atoms with van der Waals surface area (Å²) in [5.41, 5.74) is 1.15. The van der Waals surface area contributed by atoms with Gasteiger partial charge in [0.05, 0.1) is 12.7 Å². The summed E-state index contributed by atoms with van der Waals surface area (Å²) in [6.45, 7) is 1.48. The van der Waals surface area contributed by atoms with E-state index in [4.69, 9.17) is 4.74 Å². The van der Waals surface area contributed by atoms with Crippen LogP contribution in [-0.2, 0) is 11.3 Å². The average molecular weight is 409 g/mol. The summed E-state index contributed by atoms with van der Waals surface area (Å²) < 4.78 is 47.5. The highest BCUT2D eigenvalue weighted by atomic mass is 19.4. The summed E-state index contributed by atoms with van der Waals surface area (Å²) in [6.07, 6.45) is -3.45. The van der Waals surface area contributed by atoms with Crippen LogP contribution in [0.15, 0.2) is 48.7 Å². The molecule has 1 unspecified atom stereocenters. The number of hydrogen-bond acceptors (Lipinski definition) is 5. The first-order valence-corrected chi connectivity index (χ1v) is 9.21. The maximum atomic E-state index is 12.4. The lowest BCUT2D eigenvalue weighted by Crippen LogP contribution is -2.47. The minimum absolute atomic E-state index is 0.0475. The van der Waals surface area contributed by atoms with E-state index in [1.165, 1.54) is 23.9 Å². The molecule has 9 heteroatoms. The molecule has 1 N–H and O–H groups in total. The zero-order valence-corrected chi connectivity index (χ0v) is 15.7. The van der Waals surface area contributed by atoms with Crippen molar-refractivity contribution in [3.8, 4) is 5.88 Å². The van der Waals surface area contributed by atoms with E-state index >= 15 is 0 Å². The molecule has 3 rings (SSSR count). The summed E-state index contributed by atoms with van der Waals surface area (Å²) in [7, 11) is 0. The highest BCUT2D eigenvalue weighted by Crippen LogP contribution is 2.20. The predicted octanol–water partition coefficient (Wildman–Crippen LogP) is 2.65. The van der Waals surface area contributed by atoms with Crippen molar-refractivity contribution in [2.24, 2.45) is 0 Å². The molecule has 0 bridgehead atoms. The molecule has 0 aliphatic carbocycles. The van der Waals surface area contributed by atoms with Crippen LogP contribution in [0.2, 0.25) is 0 Å². The second-order valence-electron chi connectivity index (χ2n) is 6.68. The number of morpholine rings is 1. The van der Waals surface area contributed by atoms with E-state index in [0.29, 0.717) is 13.2 Å². The Morgan fingerprint density at radius 2 is 2.03 bits per heavy atom. The van der Waals surface area contributed by atoms with Gasteiger partial charge < -0.3 is 14.8 Å². The van der Waals surface area contributed by atoms with Crippen LogP contribution in [0.4, 0.5) is 13.2 Å². The van der Waals surface area contributed by atoms with Gasteiger partial charge in [0, 0.05) is 32.4 Å². The number of alkyl halides is 3. The number of nitrogens with one attached hydrogen (secondary N) is 1. The third-order valence-corrected chi connectivity index (χ3v) is 4.35. The third kappa shape index (κ3) is 6.72. The average Bonchev–Trinajstić information content (AvgIpc) is 2.71. The van der Waals surface area contributed by atoms with Crippen molar-refractivity contribution in [2.45, 2.75) is 18.8 Å². The molecule has 6 nitrogen and oxygen atoms in total. The fourth-order valence-electron chi connectivity index (χ4n) is 3.02. The van der Waals surface area contributed by atoms with Crippen molar-refractivity contribution in [3.05, 3.63) is 59.8 Å². The second kappa shape index (κ2) is 9.71. The Morgan fingerprint density at radius 1 is 1.24 bits per heavy atom. The van der Waals surface area contributed by atoms with Crippen LogP contribution in [-0.4, -0.2) is 60.9 Å². The van der Waals surface area contributed by atoms with E-state index < -0.39 is 18.7 Å². The fraction of sp³-hybridized carbons (Fsp3) is 0.400. The van der Waals surface area contributed by atoms with Gasteiger partial charge in [0.2, 0.25) is 5.88 Å². The minimum Gasteiger partial charge on any atom is -0.467 e. The molecule has 1 amide bonds. The van der Waals surface area contributed by atoms with Crippen molar-refractivity contribution < 1.29 is 27.4 Å². The van der Waals surface area contributed by atoms with E-state index in [-0.39, 0.29) is 24.1 Å². The quantitative estimate of drug-likeness (QED) is 0.762. The molecule has 0 spiro atoms. The number of carbonyl (C=O) groups is 1. The number of rotatable bonds is 7. The molecule has 156 valence electrons. The molecule has 0 saturated carbocycles. The van der Waals surface area contributed by atoms with E-state index in [0.717, 1.165) is 13.1 Å². The van der Waals surface area contributed by atoms with Crippen LogP contribution in [0.5, 0.6) is 5.88 Å². The van der Waals surface area contributed by atoms with Crippen molar-refractivity contribution in [1.29, 1.82) is 0 Å². The molecule has 2 heterocycles. The molecular formula is C20H22F3N3O3. The van der Waals surface area contributed by atoms with Crippen molar-refractivity contribution in [3.63, 3.8) is 0 Å². The van der Waals surface area contributed by atoms with E-state index in [1.54, 1.807) is 0 Å². The Morgan fingerprint density at radius 3 is 2.79 bits per heavy atom. The SMILES string of the molecule is O=C(NCC1CN(Cc2ccccc2)CCO1)c1cccnc1OCC(F)(F)F. The second-order valence-corrected chi connectivity index (χ2v) is 6.68. The molecule has 0 radical (unpaired) electrons. The predicted molar refractivity (Wildman–Crippen MR) is 99.6 cm³/mol. The van der Waals surface area contributed by atoms with Gasteiger partial charge in [0.25, 0.3) is 5.91 Å². The summed E-state index contributed by atoms with van der Waals surface area (Å²) in [5, 5.41) is 2.70. The van der Waals surface area contributed by atoms with Crippen LogP contribution in [0, 0.1) is 0 Å². The zero-order chi connectivity index (χ0) is 20.7. The Hall–Kier alpha value is -2.65. The maximum Gasteiger partial charge on any atom is 0.422 e. The van der Waals surface area contributed by atoms with Gasteiger partial charge in [0.1, 0.15) is 5.56 Å². The largest absolute Gasteiger partial charge is 0.467 e. The van der Waals surface area contributed by atoms with E-state index in [1.807, 2.05) is 18.2 Å². The first-order valence-electron chi connectivity index (χ1n) is 9.21. The molecule has 1 saturated heterocycles. The topological polar surface area (TPSA) is 63.7 Å². The van der Waals surface area contributed by atoms with E-state index in [9.17, 15) is 18.0 Å². The molecule has 1 atom stereocenters. The van der Waals surface area contributed by atoms with Gasteiger partial charge >= 0.3 is 6.18 Å². The van der Waals surface area contributed by atoms with Gasteiger partial charge in [0.15, 0.2) is 6.61 Å². The van der Waals surface area contributed by atoms with Crippen LogP contribution >= 0.6 is 0 Å². The highest BCUT2D eigenvalue weighted by molar-refractivity contribution is 5.96. The summed E-state index contributed by atoms with van der Waals surface area (Å²) in [4.78, 5) is 18.4. The van der Waals surface area contributed by atoms with E-state index in [2.05, 4.69) is 32.1 Å². The molecule has 1 aromatic heterocycles. The number of ether oxygens (including phenoxy) is 2. The Kier molecular flexibility index (Phi) is 7.05. The van der Waals surface area contributed by atoms with Gasteiger partial charge in [-0.25, -0.2) is 4.98 Å². The summed E-state index contributed by atoms with van der Waals surface area (Å²) in [6, 6.07) is 12.9. The van der Waals surface area contributed by atoms with Gasteiger partial charge in [-0.2, -0.15) is 13.2 Å². The van der Waals surface area contributed by atoms with Crippen LogP contribution in [0.3, 0.4) is 0 Å². The zero-order valence-electron chi connectivity index (χ0n) is 15.7. The van der Waals surface area contributed by atoms with Gasteiger partial charge in [-0.15, -0.1) is 0 Å². The van der Waals surface area contributed by atoms with Gasteiger partial charge in [-0.05, 0) is 17.7 Å². The lowest BCUT2D eigenvalue weighted by atomic mass is 10.2. The molecular weight excluding hydrogens is 387 g/mol. The normalized spacial score (nSPS) is 17.7. The standard InChI is InChI=1S/C20H22F3N3O3/c21-20(22,23)14-29-19-17(7-4-8-24-19)18(27)25-11-16-13-26(9-10-28-16)12-15-5-2-1-3-6-15/h1-8,16H,9-14H2,(H,25,27). The number of carbonyl (C=O) groups excluding carboxylic acids is 1. The first kappa shape index (κ1) is 21.1. The van der Waals surface area contributed by atoms with Crippen molar-refractivity contribution in [2.75, 3.05) is 32.8 Å². The lowest BCUT2D eigenvalue weighted by molar-refractivity contribution is -0.154. The minimum atomic E-state index is -4.51. The lowest BCUT2D eigenvalue weighted by Gasteiger charge is -2.33. The molecule has 1 aliphatic heterocycles. The number of halogens is 3. The molecule has 1 fully saturated rings. The first-order chi connectivity index (χ1) is 13.9. The van der Waals surface area contributed by atoms with Gasteiger partial charge in [-0.1, -0.05) is 30.3 Å². The fourth-order valence-corrected chi connectivity index (χ4v) is 3.02.